The number of hydrogen-bond donors (Lipinski definition) is 0. The second kappa shape index (κ2) is 7.70. The smallest absolute Gasteiger partial charge is 0.339 e. The van der Waals surface area contributed by atoms with Crippen molar-refractivity contribution in [3.05, 3.63) is 64.7 Å². The number of hydrogen-bond acceptors (Lipinski definition) is 5. The summed E-state index contributed by atoms with van der Waals surface area (Å²) in [5, 5.41) is 0.602. The molecular formula is C19H19ClN2O4S. The van der Waals surface area contributed by atoms with Crippen LogP contribution in [0.15, 0.2) is 58.4 Å². The maximum absolute atomic E-state index is 13.2. The van der Waals surface area contributed by atoms with E-state index in [1.165, 1.54) is 16.4 Å². The van der Waals surface area contributed by atoms with Gasteiger partial charge in [0, 0.05) is 5.02 Å². The molecule has 142 valence electrons. The van der Waals surface area contributed by atoms with Crippen molar-refractivity contribution in [2.24, 2.45) is 4.99 Å². The highest BCUT2D eigenvalue weighted by molar-refractivity contribution is 7.89. The molecule has 0 radical (unpaired) electrons. The van der Waals surface area contributed by atoms with Gasteiger partial charge >= 0.3 is 5.97 Å². The van der Waals surface area contributed by atoms with Gasteiger partial charge in [-0.05, 0) is 43.7 Å². The normalized spacial score (nSPS) is 16.9. The first-order chi connectivity index (χ1) is 12.8. The van der Waals surface area contributed by atoms with Gasteiger partial charge in [0.15, 0.2) is 0 Å². The van der Waals surface area contributed by atoms with E-state index in [4.69, 9.17) is 16.3 Å². The van der Waals surface area contributed by atoms with E-state index < -0.39 is 16.0 Å². The monoisotopic (exact) mass is 406 g/mol. The summed E-state index contributed by atoms with van der Waals surface area (Å²) in [5.74, 6) is -0.298. The number of rotatable bonds is 5. The van der Waals surface area contributed by atoms with Crippen molar-refractivity contribution >= 4 is 33.4 Å². The molecule has 0 amide bonds. The fraction of sp³-hybridized carbons (Fsp3) is 0.263. The fourth-order valence-corrected chi connectivity index (χ4v) is 4.72. The second-order valence-corrected chi connectivity index (χ2v) is 8.26. The van der Waals surface area contributed by atoms with Crippen LogP contribution in [-0.4, -0.2) is 37.7 Å². The number of carbonyl (C=O) groups excluding carboxylic acids is 1. The van der Waals surface area contributed by atoms with Crippen LogP contribution < -0.4 is 0 Å². The average molecular weight is 407 g/mol. The number of sulfonamides is 1. The highest BCUT2D eigenvalue weighted by Crippen LogP contribution is 2.31. The lowest BCUT2D eigenvalue weighted by atomic mass is 10.1. The van der Waals surface area contributed by atoms with Gasteiger partial charge in [-0.3, -0.25) is 9.30 Å². The zero-order valence-corrected chi connectivity index (χ0v) is 16.5. The molecule has 27 heavy (non-hydrogen) atoms. The van der Waals surface area contributed by atoms with Gasteiger partial charge in [-0.25, -0.2) is 13.2 Å². The zero-order chi connectivity index (χ0) is 19.6. The highest BCUT2D eigenvalue weighted by atomic mass is 35.5. The molecule has 0 aliphatic carbocycles. The predicted octanol–water partition coefficient (Wildman–Crippen LogP) is 3.68. The summed E-state index contributed by atoms with van der Waals surface area (Å²) in [5.41, 5.74) is 0.886. The van der Waals surface area contributed by atoms with Crippen molar-refractivity contribution in [1.29, 1.82) is 0 Å². The lowest BCUT2D eigenvalue weighted by molar-refractivity contribution is 0.0521. The molecule has 2 aromatic rings. The van der Waals surface area contributed by atoms with Gasteiger partial charge in [0.2, 0.25) is 0 Å². The molecule has 0 aromatic heterocycles. The molecule has 2 aromatic carbocycles. The minimum absolute atomic E-state index is 0.0158. The van der Waals surface area contributed by atoms with Crippen LogP contribution in [0.2, 0.25) is 5.02 Å². The lowest BCUT2D eigenvalue weighted by Gasteiger charge is -2.21. The van der Waals surface area contributed by atoms with Crippen LogP contribution in [0.25, 0.3) is 0 Å². The van der Waals surface area contributed by atoms with Crippen LogP contribution in [0.3, 0.4) is 0 Å². The van der Waals surface area contributed by atoms with Gasteiger partial charge in [0.1, 0.15) is 10.7 Å². The maximum Gasteiger partial charge on any atom is 0.339 e. The van der Waals surface area contributed by atoms with Gasteiger partial charge in [-0.1, -0.05) is 35.9 Å². The Labute approximate surface area is 163 Å². The number of halogens is 1. The first kappa shape index (κ1) is 19.4. The summed E-state index contributed by atoms with van der Waals surface area (Å²) in [4.78, 5) is 16.6. The van der Waals surface area contributed by atoms with Crippen molar-refractivity contribution < 1.29 is 17.9 Å². The molecular weight excluding hydrogens is 388 g/mol. The average Bonchev–Trinajstić information content (AvgIpc) is 3.05. The molecule has 1 atom stereocenters. The number of carbonyl (C=O) groups is 1. The van der Waals surface area contributed by atoms with Crippen LogP contribution in [-0.2, 0) is 14.8 Å². The third kappa shape index (κ3) is 3.84. The topological polar surface area (TPSA) is 76.0 Å². The van der Waals surface area contributed by atoms with Crippen LogP contribution in [0.4, 0.5) is 0 Å². The van der Waals surface area contributed by atoms with Crippen molar-refractivity contribution in [3.63, 3.8) is 0 Å². The first-order valence-corrected chi connectivity index (χ1v) is 10.2. The SMILES string of the molecule is CCOC(=O)c1ccccc1S(=O)(=O)N1CC(c2ccc(Cl)cc2)N=C1C. The van der Waals surface area contributed by atoms with Crippen molar-refractivity contribution in [3.8, 4) is 0 Å². The number of amidine groups is 1. The molecule has 0 N–H and O–H groups in total. The largest absolute Gasteiger partial charge is 0.462 e. The number of nitrogens with zero attached hydrogens (tertiary/aromatic N) is 2. The number of benzene rings is 2. The molecule has 0 fully saturated rings. The van der Waals surface area contributed by atoms with Crippen LogP contribution in [0.5, 0.6) is 0 Å². The highest BCUT2D eigenvalue weighted by Gasteiger charge is 2.35. The predicted molar refractivity (Wildman–Crippen MR) is 104 cm³/mol. The molecule has 1 aliphatic rings. The number of aliphatic imine (C=N–C) groups is 1. The fourth-order valence-electron chi connectivity index (χ4n) is 2.94. The summed E-state index contributed by atoms with van der Waals surface area (Å²) in [6, 6.07) is 12.9. The Bertz CT molecular complexity index is 987. The molecule has 3 rings (SSSR count). The van der Waals surface area contributed by atoms with Gasteiger partial charge in [0.05, 0.1) is 24.8 Å². The molecule has 0 spiro atoms. The van der Waals surface area contributed by atoms with Crippen LogP contribution in [0, 0.1) is 0 Å². The Morgan fingerprint density at radius 3 is 2.56 bits per heavy atom. The molecule has 1 aliphatic heterocycles. The summed E-state index contributed by atoms with van der Waals surface area (Å²) < 4.78 is 32.7. The standard InChI is InChI=1S/C19H19ClN2O4S/c1-3-26-19(23)16-6-4-5-7-18(16)27(24,25)22-12-17(21-13(22)2)14-8-10-15(20)11-9-14/h4-11,17H,3,12H2,1-2H3. The Balaban J connectivity index is 1.94. The maximum atomic E-state index is 13.2. The third-order valence-electron chi connectivity index (χ3n) is 4.25. The quantitative estimate of drug-likeness (QED) is 0.710. The molecule has 8 heteroatoms. The van der Waals surface area contributed by atoms with E-state index in [1.54, 1.807) is 38.1 Å². The van der Waals surface area contributed by atoms with Crippen LogP contribution in [0.1, 0.15) is 35.8 Å². The molecule has 0 bridgehead atoms. The molecule has 0 saturated carbocycles. The molecule has 6 nitrogen and oxygen atoms in total. The third-order valence-corrected chi connectivity index (χ3v) is 6.40. The number of esters is 1. The van der Waals surface area contributed by atoms with Crippen molar-refractivity contribution in [1.82, 2.24) is 4.31 Å². The van der Waals surface area contributed by atoms with Crippen molar-refractivity contribution in [2.75, 3.05) is 13.2 Å². The van der Waals surface area contributed by atoms with Gasteiger partial charge in [-0.2, -0.15) is 0 Å². The minimum atomic E-state index is -3.96. The Morgan fingerprint density at radius 1 is 1.22 bits per heavy atom. The van der Waals surface area contributed by atoms with E-state index in [2.05, 4.69) is 4.99 Å². The summed E-state index contributed by atoms with van der Waals surface area (Å²) in [6.07, 6.45) is 0. The second-order valence-electron chi connectivity index (χ2n) is 6.00. The van der Waals surface area contributed by atoms with E-state index in [1.807, 2.05) is 12.1 Å². The molecule has 1 heterocycles. The van der Waals surface area contributed by atoms with Crippen LogP contribution >= 0.6 is 11.6 Å². The Hall–Kier alpha value is -2.38. The number of ether oxygens (including phenoxy) is 1. The van der Waals surface area contributed by atoms with E-state index >= 15 is 0 Å². The Morgan fingerprint density at radius 2 is 1.89 bits per heavy atom. The van der Waals surface area contributed by atoms with E-state index in [0.717, 1.165) is 5.56 Å². The summed E-state index contributed by atoms with van der Waals surface area (Å²) >= 11 is 5.92. The van der Waals surface area contributed by atoms with Crippen molar-refractivity contribution in [2.45, 2.75) is 24.8 Å². The van der Waals surface area contributed by atoms with Gasteiger partial charge in [-0.15, -0.1) is 0 Å². The minimum Gasteiger partial charge on any atom is -0.462 e. The molecule has 1 unspecified atom stereocenters. The van der Waals surface area contributed by atoms with Gasteiger partial charge in [0.25, 0.3) is 10.0 Å². The summed E-state index contributed by atoms with van der Waals surface area (Å²) in [6.45, 7) is 3.63. The Kier molecular flexibility index (Phi) is 5.53. The van der Waals surface area contributed by atoms with E-state index in [9.17, 15) is 13.2 Å². The van der Waals surface area contributed by atoms with E-state index in [0.29, 0.717) is 10.9 Å². The summed E-state index contributed by atoms with van der Waals surface area (Å²) in [7, 11) is -3.96. The van der Waals surface area contributed by atoms with E-state index in [-0.39, 0.29) is 29.7 Å². The first-order valence-electron chi connectivity index (χ1n) is 8.43. The zero-order valence-electron chi connectivity index (χ0n) is 14.9. The van der Waals surface area contributed by atoms with Gasteiger partial charge < -0.3 is 4.74 Å². The molecule has 0 saturated heterocycles. The lowest BCUT2D eigenvalue weighted by Crippen LogP contribution is -2.34.